The minimum Gasteiger partial charge on any atom is -0.326 e. The topological polar surface area (TPSA) is 63.8 Å². The Morgan fingerprint density at radius 3 is 2.24 bits per heavy atom. The second-order valence-corrected chi connectivity index (χ2v) is 4.39. The normalized spacial score (nSPS) is 10.8. The Balaban J connectivity index is 2.64. The third kappa shape index (κ3) is 2.03. The summed E-state index contributed by atoms with van der Waals surface area (Å²) in [5, 5.41) is 2.82. The molecular weight excluding hydrogens is 214 g/mol. The first kappa shape index (κ1) is 11.7. The van der Waals surface area contributed by atoms with Crippen molar-refractivity contribution in [3.63, 3.8) is 0 Å². The number of benzene rings is 1. The molecule has 2 aromatic rings. The quantitative estimate of drug-likeness (QED) is 0.823. The van der Waals surface area contributed by atoms with Crippen molar-refractivity contribution in [1.82, 2.24) is 9.78 Å². The Labute approximate surface area is 100 Å². The van der Waals surface area contributed by atoms with E-state index >= 15 is 0 Å². The number of nitrogens with one attached hydrogen (secondary N) is 1. The van der Waals surface area contributed by atoms with E-state index in [0.717, 1.165) is 11.4 Å². The summed E-state index contributed by atoms with van der Waals surface area (Å²) >= 11 is 0. The highest BCUT2D eigenvalue weighted by Crippen LogP contribution is 2.15. The molecule has 0 unspecified atom stereocenters. The van der Waals surface area contributed by atoms with Crippen LogP contribution in [0, 0.1) is 20.8 Å². The molecule has 17 heavy (non-hydrogen) atoms. The van der Waals surface area contributed by atoms with E-state index in [4.69, 9.17) is 5.73 Å². The molecule has 0 aliphatic rings. The third-order valence-electron chi connectivity index (χ3n) is 2.93. The molecule has 0 atom stereocenters. The van der Waals surface area contributed by atoms with Crippen LogP contribution < -0.4 is 11.3 Å². The number of hydrogen-bond donors (Lipinski definition) is 2. The van der Waals surface area contributed by atoms with Gasteiger partial charge in [-0.3, -0.25) is 14.6 Å². The van der Waals surface area contributed by atoms with Gasteiger partial charge in [-0.25, -0.2) is 0 Å². The van der Waals surface area contributed by atoms with Crippen LogP contribution in [0.25, 0.3) is 5.69 Å². The van der Waals surface area contributed by atoms with Gasteiger partial charge in [0, 0.05) is 12.2 Å². The zero-order valence-corrected chi connectivity index (χ0v) is 10.4. The van der Waals surface area contributed by atoms with Crippen LogP contribution in [0.2, 0.25) is 0 Å². The number of H-pyrrole nitrogens is 1. The lowest BCUT2D eigenvalue weighted by atomic mass is 10.1. The van der Waals surface area contributed by atoms with E-state index in [1.54, 1.807) is 4.68 Å². The molecule has 2 rings (SSSR count). The SMILES string of the molecule is Cc1cc(C)cc(-n2[nH]c(=O)c(CN)c2C)c1. The Hall–Kier alpha value is -1.81. The fourth-order valence-electron chi connectivity index (χ4n) is 2.13. The first-order valence-electron chi connectivity index (χ1n) is 5.62. The molecule has 0 spiro atoms. The molecule has 0 fully saturated rings. The van der Waals surface area contributed by atoms with Gasteiger partial charge in [-0.1, -0.05) is 6.07 Å². The van der Waals surface area contributed by atoms with Gasteiger partial charge in [-0.15, -0.1) is 0 Å². The number of aromatic nitrogens is 2. The summed E-state index contributed by atoms with van der Waals surface area (Å²) in [7, 11) is 0. The highest BCUT2D eigenvalue weighted by Gasteiger charge is 2.10. The van der Waals surface area contributed by atoms with Gasteiger partial charge >= 0.3 is 0 Å². The first-order chi connectivity index (χ1) is 8.02. The molecule has 4 nitrogen and oxygen atoms in total. The molecule has 1 aromatic heterocycles. The predicted molar refractivity (Wildman–Crippen MR) is 68.5 cm³/mol. The summed E-state index contributed by atoms with van der Waals surface area (Å²) < 4.78 is 1.80. The number of hydrogen-bond acceptors (Lipinski definition) is 2. The lowest BCUT2D eigenvalue weighted by molar-refractivity contribution is 0.831. The molecular formula is C13H17N3O. The van der Waals surface area contributed by atoms with Crippen molar-refractivity contribution in [2.75, 3.05) is 0 Å². The highest BCUT2D eigenvalue weighted by molar-refractivity contribution is 5.40. The van der Waals surface area contributed by atoms with Crippen molar-refractivity contribution in [2.45, 2.75) is 27.3 Å². The van der Waals surface area contributed by atoms with Gasteiger partial charge in [-0.2, -0.15) is 0 Å². The molecule has 0 radical (unpaired) electrons. The number of nitrogens with two attached hydrogens (primary N) is 1. The largest absolute Gasteiger partial charge is 0.326 e. The molecule has 1 aromatic carbocycles. The van der Waals surface area contributed by atoms with E-state index in [0.29, 0.717) is 5.56 Å². The van der Waals surface area contributed by atoms with Crippen LogP contribution >= 0.6 is 0 Å². The Kier molecular flexibility index (Phi) is 2.90. The summed E-state index contributed by atoms with van der Waals surface area (Å²) in [4.78, 5) is 11.7. The van der Waals surface area contributed by atoms with Gasteiger partial charge < -0.3 is 5.73 Å². The number of aromatic amines is 1. The molecule has 3 N–H and O–H groups in total. The second-order valence-electron chi connectivity index (χ2n) is 4.39. The molecule has 0 saturated heterocycles. The van der Waals surface area contributed by atoms with Gasteiger partial charge in [0.2, 0.25) is 0 Å². The molecule has 0 aliphatic heterocycles. The van der Waals surface area contributed by atoms with E-state index < -0.39 is 0 Å². The van der Waals surface area contributed by atoms with Crippen molar-refractivity contribution in [2.24, 2.45) is 5.73 Å². The van der Waals surface area contributed by atoms with Crippen molar-refractivity contribution >= 4 is 0 Å². The lowest BCUT2D eigenvalue weighted by Gasteiger charge is -2.08. The van der Waals surface area contributed by atoms with Crippen LogP contribution in [0.5, 0.6) is 0 Å². The molecule has 90 valence electrons. The number of rotatable bonds is 2. The van der Waals surface area contributed by atoms with Crippen molar-refractivity contribution in [3.8, 4) is 5.69 Å². The van der Waals surface area contributed by atoms with Crippen molar-refractivity contribution < 1.29 is 0 Å². The minimum atomic E-state index is -0.107. The van der Waals surface area contributed by atoms with E-state index in [1.807, 2.05) is 32.9 Å². The van der Waals surface area contributed by atoms with Crippen LogP contribution in [0.1, 0.15) is 22.4 Å². The van der Waals surface area contributed by atoms with Crippen molar-refractivity contribution in [3.05, 3.63) is 50.9 Å². The maximum atomic E-state index is 11.7. The first-order valence-corrected chi connectivity index (χ1v) is 5.62. The summed E-state index contributed by atoms with van der Waals surface area (Å²) in [6.45, 7) is 6.24. The summed E-state index contributed by atoms with van der Waals surface area (Å²) in [5.41, 5.74) is 10.3. The van der Waals surface area contributed by atoms with E-state index in [-0.39, 0.29) is 12.1 Å². The molecule has 0 saturated carbocycles. The Morgan fingerprint density at radius 2 is 1.76 bits per heavy atom. The van der Waals surface area contributed by atoms with E-state index in [9.17, 15) is 4.79 Å². The smallest absolute Gasteiger partial charge is 0.269 e. The van der Waals surface area contributed by atoms with Gasteiger partial charge in [0.15, 0.2) is 0 Å². The van der Waals surface area contributed by atoms with Crippen LogP contribution in [0.3, 0.4) is 0 Å². The maximum Gasteiger partial charge on any atom is 0.269 e. The molecule has 0 amide bonds. The average molecular weight is 231 g/mol. The highest BCUT2D eigenvalue weighted by atomic mass is 16.1. The standard InChI is InChI=1S/C13H17N3O/c1-8-4-9(2)6-11(5-8)16-10(3)12(7-14)13(17)15-16/h4-6H,7,14H2,1-3H3,(H,15,17). The summed E-state index contributed by atoms with van der Waals surface area (Å²) in [6, 6.07) is 6.18. The monoisotopic (exact) mass is 231 g/mol. The maximum absolute atomic E-state index is 11.7. The Bertz CT molecular complexity index is 587. The van der Waals surface area contributed by atoms with Gasteiger partial charge in [0.25, 0.3) is 5.56 Å². The zero-order valence-electron chi connectivity index (χ0n) is 10.4. The fourth-order valence-corrected chi connectivity index (χ4v) is 2.13. The van der Waals surface area contributed by atoms with E-state index in [1.165, 1.54) is 11.1 Å². The second kappa shape index (κ2) is 4.22. The van der Waals surface area contributed by atoms with Crippen LogP contribution in [0.4, 0.5) is 0 Å². The molecule has 4 heteroatoms. The summed E-state index contributed by atoms with van der Waals surface area (Å²) in [6.07, 6.45) is 0. The minimum absolute atomic E-state index is 0.107. The van der Waals surface area contributed by atoms with Crippen LogP contribution in [-0.2, 0) is 6.54 Å². The predicted octanol–water partition coefficient (Wildman–Crippen LogP) is 1.55. The third-order valence-corrected chi connectivity index (χ3v) is 2.93. The van der Waals surface area contributed by atoms with Gasteiger partial charge in [0.1, 0.15) is 0 Å². The van der Waals surface area contributed by atoms with Crippen molar-refractivity contribution in [1.29, 1.82) is 0 Å². The fraction of sp³-hybridized carbons (Fsp3) is 0.308. The van der Waals surface area contributed by atoms with Crippen LogP contribution in [-0.4, -0.2) is 9.78 Å². The van der Waals surface area contributed by atoms with Gasteiger partial charge in [0.05, 0.1) is 11.3 Å². The average Bonchev–Trinajstić information content (AvgIpc) is 2.52. The molecule has 0 aliphatic carbocycles. The van der Waals surface area contributed by atoms with Gasteiger partial charge in [-0.05, 0) is 44.0 Å². The molecule has 1 heterocycles. The number of aryl methyl sites for hydroxylation is 2. The number of nitrogens with zero attached hydrogens (tertiary/aromatic N) is 1. The zero-order chi connectivity index (χ0) is 12.6. The van der Waals surface area contributed by atoms with Crippen LogP contribution in [0.15, 0.2) is 23.0 Å². The lowest BCUT2D eigenvalue weighted by Crippen LogP contribution is -2.10. The summed E-state index contributed by atoms with van der Waals surface area (Å²) in [5.74, 6) is 0. The van der Waals surface area contributed by atoms with E-state index in [2.05, 4.69) is 11.2 Å². The molecule has 0 bridgehead atoms. The Morgan fingerprint density at radius 1 is 1.18 bits per heavy atom.